The Morgan fingerprint density at radius 1 is 0.830 bits per heavy atom. The summed E-state index contributed by atoms with van der Waals surface area (Å²) in [5.74, 6) is 1.18. The Hall–Kier alpha value is -5.28. The van der Waals surface area contributed by atoms with Crippen molar-refractivity contribution in [1.29, 1.82) is 0 Å². The van der Waals surface area contributed by atoms with Crippen LogP contribution in [0.5, 0.6) is 0 Å². The van der Waals surface area contributed by atoms with E-state index in [-0.39, 0.29) is 25.9 Å². The maximum Gasteiger partial charge on any atom is 0.407 e. The number of nitrogens with one attached hydrogen (secondary N) is 2. The summed E-state index contributed by atoms with van der Waals surface area (Å²) in [5.41, 5.74) is 3.02. The molecule has 14 nitrogen and oxygen atoms in total. The van der Waals surface area contributed by atoms with Crippen LogP contribution >= 0.6 is 0 Å². The van der Waals surface area contributed by atoms with Gasteiger partial charge in [0.15, 0.2) is 5.82 Å². The largest absolute Gasteiger partial charge is 0.465 e. The zero-order chi connectivity index (χ0) is 32.5. The van der Waals surface area contributed by atoms with Crippen molar-refractivity contribution < 1.29 is 27.9 Å². The first kappa shape index (κ1) is 30.4. The minimum Gasteiger partial charge on any atom is -0.465 e. The number of hydrogen-bond donors (Lipinski definition) is 3. The first-order valence-corrected chi connectivity index (χ1v) is 16.7. The van der Waals surface area contributed by atoms with Gasteiger partial charge in [-0.15, -0.1) is 0 Å². The highest BCUT2D eigenvalue weighted by molar-refractivity contribution is 7.90. The number of fused-ring (bicyclic) bond motifs is 3. The number of urea groups is 1. The number of morpholine rings is 1. The van der Waals surface area contributed by atoms with Crippen LogP contribution in [0.3, 0.4) is 0 Å². The van der Waals surface area contributed by atoms with Gasteiger partial charge < -0.3 is 30.3 Å². The molecule has 242 valence electrons. The van der Waals surface area contributed by atoms with Crippen molar-refractivity contribution in [3.05, 3.63) is 73.2 Å². The molecule has 15 heteroatoms. The van der Waals surface area contributed by atoms with Gasteiger partial charge in [0.2, 0.25) is 10.0 Å². The number of benzene rings is 2. The zero-order valence-corrected chi connectivity index (χ0v) is 26.1. The average Bonchev–Trinajstić information content (AvgIpc) is 3.55. The third-order valence-corrected chi connectivity index (χ3v) is 10.7. The van der Waals surface area contributed by atoms with Crippen LogP contribution in [0.15, 0.2) is 73.2 Å². The maximum absolute atomic E-state index is 13.8. The average molecular weight is 657 g/mol. The Kier molecular flexibility index (Phi) is 8.07. The van der Waals surface area contributed by atoms with Gasteiger partial charge >= 0.3 is 12.1 Å². The number of likely N-dealkylation sites (tertiary alicyclic amines) is 1. The zero-order valence-electron chi connectivity index (χ0n) is 25.2. The third kappa shape index (κ3) is 6.02. The van der Waals surface area contributed by atoms with E-state index >= 15 is 0 Å². The summed E-state index contributed by atoms with van der Waals surface area (Å²) in [6, 6.07) is 15.6. The van der Waals surface area contributed by atoms with Gasteiger partial charge in [0.1, 0.15) is 5.82 Å². The van der Waals surface area contributed by atoms with Crippen molar-refractivity contribution in [2.75, 3.05) is 54.9 Å². The lowest BCUT2D eigenvalue weighted by molar-refractivity contribution is 0.122. The molecule has 0 radical (unpaired) electrons. The van der Waals surface area contributed by atoms with E-state index in [1.54, 1.807) is 55.0 Å². The molecule has 0 aliphatic carbocycles. The Balaban J connectivity index is 1.23. The molecule has 0 saturated carbocycles. The normalized spacial score (nSPS) is 16.0. The van der Waals surface area contributed by atoms with E-state index in [1.165, 1.54) is 8.87 Å². The standard InChI is InChI=1S/C32H32N8O6S/c41-31(35-23-7-12-33-13-8-23)34-22-3-1-21(2-4-22)29-36-28-25-11-16-40(47(44,45)24-9-14-39(15-10-24)32(42)43)27(25)6-5-26(28)30(37-29)38-17-19-46-20-18-38/h1-8,11-13,16,24H,9-10,14-15,17-20H2,(H,42,43)(H2,33,34,35,41). The summed E-state index contributed by atoms with van der Waals surface area (Å²) in [4.78, 5) is 41.1. The molecule has 0 atom stereocenters. The molecule has 5 heterocycles. The van der Waals surface area contributed by atoms with Crippen molar-refractivity contribution in [2.24, 2.45) is 0 Å². The van der Waals surface area contributed by atoms with Crippen LogP contribution in [-0.4, -0.2) is 94.1 Å². The molecule has 0 unspecified atom stereocenters. The van der Waals surface area contributed by atoms with E-state index in [2.05, 4.69) is 20.5 Å². The lowest BCUT2D eigenvalue weighted by Crippen LogP contribution is -2.43. The Bertz CT molecular complexity index is 2060. The Morgan fingerprint density at radius 2 is 1.51 bits per heavy atom. The molecule has 2 saturated heterocycles. The second-order valence-electron chi connectivity index (χ2n) is 11.4. The minimum atomic E-state index is -3.81. The van der Waals surface area contributed by atoms with E-state index < -0.39 is 27.4 Å². The monoisotopic (exact) mass is 656 g/mol. The fourth-order valence-corrected chi connectivity index (χ4v) is 7.86. The fourth-order valence-electron chi connectivity index (χ4n) is 6.07. The maximum atomic E-state index is 13.8. The summed E-state index contributed by atoms with van der Waals surface area (Å²) >= 11 is 0. The molecule has 2 fully saturated rings. The molecule has 0 spiro atoms. The summed E-state index contributed by atoms with van der Waals surface area (Å²) in [5, 5.41) is 15.6. The van der Waals surface area contributed by atoms with E-state index in [4.69, 9.17) is 14.7 Å². The summed E-state index contributed by atoms with van der Waals surface area (Å²) < 4.78 is 34.5. The number of ether oxygens (including phenoxy) is 1. The van der Waals surface area contributed by atoms with E-state index in [0.717, 1.165) is 16.8 Å². The quantitative estimate of drug-likeness (QED) is 0.237. The summed E-state index contributed by atoms with van der Waals surface area (Å²) in [7, 11) is -3.81. The van der Waals surface area contributed by atoms with Gasteiger partial charge in [0, 0.05) is 72.5 Å². The smallest absolute Gasteiger partial charge is 0.407 e. The number of pyridine rings is 1. The number of carbonyl (C=O) groups excluding carboxylic acids is 1. The van der Waals surface area contributed by atoms with Gasteiger partial charge in [-0.05, 0) is 67.4 Å². The second kappa shape index (κ2) is 12.5. The topological polar surface area (TPSA) is 172 Å². The Labute approximate surface area is 270 Å². The number of carboxylic acid groups (broad SMARTS) is 1. The molecule has 3 aromatic heterocycles. The first-order valence-electron chi connectivity index (χ1n) is 15.2. The number of amides is 3. The molecule has 2 aliphatic heterocycles. The molecular formula is C32H32N8O6S. The highest BCUT2D eigenvalue weighted by Gasteiger charge is 2.33. The number of piperidine rings is 1. The summed E-state index contributed by atoms with van der Waals surface area (Å²) in [6.07, 6.45) is 4.15. The van der Waals surface area contributed by atoms with E-state index in [9.17, 15) is 23.1 Å². The van der Waals surface area contributed by atoms with Gasteiger partial charge in [0.25, 0.3) is 0 Å². The predicted octanol–water partition coefficient (Wildman–Crippen LogP) is 4.45. The van der Waals surface area contributed by atoms with Crippen LogP contribution in [0.25, 0.3) is 33.2 Å². The SMILES string of the molecule is O=C(Nc1ccncc1)Nc1ccc(-c2nc(N3CCOCC3)c3ccc4c(ccn4S(=O)(=O)C4CCN(C(=O)O)CC4)c3n2)cc1. The first-order chi connectivity index (χ1) is 22.8. The highest BCUT2D eigenvalue weighted by atomic mass is 32.2. The molecule has 0 bridgehead atoms. The van der Waals surface area contributed by atoms with Crippen LogP contribution in [0.2, 0.25) is 0 Å². The van der Waals surface area contributed by atoms with Crippen molar-refractivity contribution in [1.82, 2.24) is 23.8 Å². The molecule has 2 aromatic carbocycles. The number of carbonyl (C=O) groups is 2. The van der Waals surface area contributed by atoms with Gasteiger partial charge in [-0.1, -0.05) is 0 Å². The lowest BCUT2D eigenvalue weighted by Gasteiger charge is -2.30. The molecule has 5 aromatic rings. The van der Waals surface area contributed by atoms with E-state index in [1.807, 2.05) is 18.2 Å². The van der Waals surface area contributed by atoms with Crippen molar-refractivity contribution >= 4 is 61.1 Å². The molecule has 3 amide bonds. The number of nitrogens with zero attached hydrogens (tertiary/aromatic N) is 6. The minimum absolute atomic E-state index is 0.171. The fraction of sp³-hybridized carbons (Fsp3) is 0.281. The van der Waals surface area contributed by atoms with Gasteiger partial charge in [-0.25, -0.2) is 31.9 Å². The Morgan fingerprint density at radius 3 is 2.19 bits per heavy atom. The van der Waals surface area contributed by atoms with Crippen molar-refractivity contribution in [3.63, 3.8) is 0 Å². The van der Waals surface area contributed by atoms with Crippen LogP contribution in [0.4, 0.5) is 26.8 Å². The number of rotatable bonds is 6. The number of hydrogen-bond acceptors (Lipinski definition) is 9. The highest BCUT2D eigenvalue weighted by Crippen LogP contribution is 2.35. The third-order valence-electron chi connectivity index (χ3n) is 8.54. The molecule has 2 aliphatic rings. The number of aromatic nitrogens is 4. The van der Waals surface area contributed by atoms with E-state index in [0.29, 0.717) is 59.9 Å². The molecular weight excluding hydrogens is 624 g/mol. The molecule has 7 rings (SSSR count). The number of anilines is 3. The van der Waals surface area contributed by atoms with Crippen LogP contribution < -0.4 is 15.5 Å². The van der Waals surface area contributed by atoms with Crippen LogP contribution in [0.1, 0.15) is 12.8 Å². The summed E-state index contributed by atoms with van der Waals surface area (Å²) in [6.45, 7) is 2.74. The van der Waals surface area contributed by atoms with Gasteiger partial charge in [-0.2, -0.15) is 0 Å². The van der Waals surface area contributed by atoms with Crippen LogP contribution in [0, 0.1) is 0 Å². The molecule has 3 N–H and O–H groups in total. The van der Waals surface area contributed by atoms with Gasteiger partial charge in [0.05, 0.1) is 29.5 Å². The van der Waals surface area contributed by atoms with Crippen LogP contribution in [-0.2, 0) is 14.8 Å². The van der Waals surface area contributed by atoms with Gasteiger partial charge in [-0.3, -0.25) is 4.98 Å². The van der Waals surface area contributed by atoms with Crippen molar-refractivity contribution in [3.8, 4) is 11.4 Å². The van der Waals surface area contributed by atoms with Crippen molar-refractivity contribution in [2.45, 2.75) is 18.1 Å². The predicted molar refractivity (Wildman–Crippen MR) is 177 cm³/mol. The lowest BCUT2D eigenvalue weighted by atomic mass is 10.1. The molecule has 47 heavy (non-hydrogen) atoms. The second-order valence-corrected chi connectivity index (χ2v) is 13.5.